The molecule has 0 spiro atoms. The van der Waals surface area contributed by atoms with E-state index in [1.807, 2.05) is 32.0 Å². The van der Waals surface area contributed by atoms with E-state index in [1.165, 1.54) is 0 Å². The minimum atomic E-state index is -0.0214. The highest BCUT2D eigenvalue weighted by molar-refractivity contribution is 5.14. The Hall–Kier alpha value is -1.09. The highest BCUT2D eigenvalue weighted by Gasteiger charge is 1.96. The summed E-state index contributed by atoms with van der Waals surface area (Å²) in [6, 6.07) is 3.58. The average molecular weight is 166 g/mol. The summed E-state index contributed by atoms with van der Waals surface area (Å²) in [5.41, 5.74) is 1.95. The van der Waals surface area contributed by atoms with Crippen molar-refractivity contribution in [3.63, 3.8) is 0 Å². The number of H-pyrrole nitrogens is 1. The second kappa shape index (κ2) is 3.54. The lowest BCUT2D eigenvalue weighted by molar-refractivity contribution is 0.396. The van der Waals surface area contributed by atoms with Crippen LogP contribution in [0.2, 0.25) is 0 Å². The first-order valence-electron chi connectivity index (χ1n) is 3.92. The SMILES string of the molecule is Cc1cc(CN(C)C)[nH]c(=O)c1. The lowest BCUT2D eigenvalue weighted by Crippen LogP contribution is -2.16. The molecule has 0 aliphatic rings. The Labute approximate surface area is 72.0 Å². The van der Waals surface area contributed by atoms with E-state index in [1.54, 1.807) is 6.07 Å². The van der Waals surface area contributed by atoms with Crippen molar-refractivity contribution in [2.24, 2.45) is 0 Å². The van der Waals surface area contributed by atoms with Crippen molar-refractivity contribution in [3.05, 3.63) is 33.7 Å². The van der Waals surface area contributed by atoms with Gasteiger partial charge in [0.15, 0.2) is 0 Å². The van der Waals surface area contributed by atoms with Crippen LogP contribution in [0.1, 0.15) is 11.3 Å². The number of aromatic nitrogens is 1. The minimum Gasteiger partial charge on any atom is -0.325 e. The van der Waals surface area contributed by atoms with Crippen LogP contribution in [0, 0.1) is 6.92 Å². The predicted molar refractivity (Wildman–Crippen MR) is 49.2 cm³/mol. The van der Waals surface area contributed by atoms with Gasteiger partial charge in [-0.05, 0) is 32.6 Å². The molecule has 3 nitrogen and oxygen atoms in total. The Morgan fingerprint density at radius 1 is 1.42 bits per heavy atom. The van der Waals surface area contributed by atoms with Gasteiger partial charge in [0.1, 0.15) is 0 Å². The molecular weight excluding hydrogens is 152 g/mol. The van der Waals surface area contributed by atoms with Crippen LogP contribution in [-0.4, -0.2) is 24.0 Å². The second-order valence-electron chi connectivity index (χ2n) is 3.28. The van der Waals surface area contributed by atoms with Gasteiger partial charge in [0.05, 0.1) is 0 Å². The molecule has 0 saturated heterocycles. The summed E-state index contributed by atoms with van der Waals surface area (Å²) in [6.07, 6.45) is 0. The van der Waals surface area contributed by atoms with E-state index in [0.717, 1.165) is 17.8 Å². The van der Waals surface area contributed by atoms with Crippen LogP contribution in [0.5, 0.6) is 0 Å². The molecule has 3 heteroatoms. The van der Waals surface area contributed by atoms with Gasteiger partial charge < -0.3 is 9.88 Å². The smallest absolute Gasteiger partial charge is 0.248 e. The van der Waals surface area contributed by atoms with Gasteiger partial charge in [0, 0.05) is 18.3 Å². The van der Waals surface area contributed by atoms with Gasteiger partial charge in [-0.1, -0.05) is 0 Å². The summed E-state index contributed by atoms with van der Waals surface area (Å²) < 4.78 is 0. The van der Waals surface area contributed by atoms with E-state index in [2.05, 4.69) is 4.98 Å². The summed E-state index contributed by atoms with van der Waals surface area (Å²) >= 11 is 0. The van der Waals surface area contributed by atoms with Crippen molar-refractivity contribution in [3.8, 4) is 0 Å². The normalized spacial score (nSPS) is 10.7. The Morgan fingerprint density at radius 2 is 2.08 bits per heavy atom. The number of pyridine rings is 1. The van der Waals surface area contributed by atoms with Crippen LogP contribution in [0.4, 0.5) is 0 Å². The van der Waals surface area contributed by atoms with Gasteiger partial charge >= 0.3 is 0 Å². The third kappa shape index (κ3) is 2.51. The number of aryl methyl sites for hydroxylation is 1. The first kappa shape index (κ1) is 9.00. The maximum Gasteiger partial charge on any atom is 0.248 e. The molecule has 0 amide bonds. The minimum absolute atomic E-state index is 0.0214. The summed E-state index contributed by atoms with van der Waals surface area (Å²) in [4.78, 5) is 15.8. The zero-order valence-corrected chi connectivity index (χ0v) is 7.72. The number of nitrogens with one attached hydrogen (secondary N) is 1. The van der Waals surface area contributed by atoms with E-state index in [4.69, 9.17) is 0 Å². The Balaban J connectivity index is 2.93. The Morgan fingerprint density at radius 3 is 2.58 bits per heavy atom. The summed E-state index contributed by atoms with van der Waals surface area (Å²) in [5, 5.41) is 0. The van der Waals surface area contributed by atoms with E-state index in [0.29, 0.717) is 0 Å². The Bertz CT molecular complexity index is 315. The lowest BCUT2D eigenvalue weighted by Gasteiger charge is -2.09. The van der Waals surface area contributed by atoms with Crippen molar-refractivity contribution in [1.29, 1.82) is 0 Å². The number of aromatic amines is 1. The standard InChI is InChI=1S/C9H14N2O/c1-7-4-8(6-11(2)3)10-9(12)5-7/h4-5H,6H2,1-3H3,(H,10,12). The lowest BCUT2D eigenvalue weighted by atomic mass is 10.2. The molecular formula is C9H14N2O. The molecule has 0 fully saturated rings. The predicted octanol–water partition coefficient (Wildman–Crippen LogP) is 0.745. The van der Waals surface area contributed by atoms with Gasteiger partial charge in [-0.2, -0.15) is 0 Å². The first-order valence-corrected chi connectivity index (χ1v) is 3.92. The molecule has 12 heavy (non-hydrogen) atoms. The van der Waals surface area contributed by atoms with E-state index >= 15 is 0 Å². The van der Waals surface area contributed by atoms with Gasteiger partial charge in [0.25, 0.3) is 0 Å². The molecule has 0 aliphatic carbocycles. The van der Waals surface area contributed by atoms with Crippen molar-refractivity contribution in [1.82, 2.24) is 9.88 Å². The van der Waals surface area contributed by atoms with Crippen molar-refractivity contribution in [2.75, 3.05) is 14.1 Å². The molecule has 0 atom stereocenters. The molecule has 1 aromatic rings. The van der Waals surface area contributed by atoms with Crippen molar-refractivity contribution in [2.45, 2.75) is 13.5 Å². The number of hydrogen-bond donors (Lipinski definition) is 1. The molecule has 0 bridgehead atoms. The van der Waals surface area contributed by atoms with Crippen LogP contribution in [0.25, 0.3) is 0 Å². The molecule has 0 radical (unpaired) electrons. The van der Waals surface area contributed by atoms with Crippen LogP contribution in [-0.2, 0) is 6.54 Å². The van der Waals surface area contributed by atoms with Crippen molar-refractivity contribution < 1.29 is 0 Å². The van der Waals surface area contributed by atoms with Gasteiger partial charge in [0.2, 0.25) is 5.56 Å². The monoisotopic (exact) mass is 166 g/mol. The van der Waals surface area contributed by atoms with Crippen LogP contribution in [0.15, 0.2) is 16.9 Å². The molecule has 1 aromatic heterocycles. The van der Waals surface area contributed by atoms with Crippen LogP contribution >= 0.6 is 0 Å². The van der Waals surface area contributed by atoms with E-state index in [9.17, 15) is 4.79 Å². The highest BCUT2D eigenvalue weighted by atomic mass is 16.1. The number of hydrogen-bond acceptors (Lipinski definition) is 2. The molecule has 1 rings (SSSR count). The summed E-state index contributed by atoms with van der Waals surface area (Å²) in [6.45, 7) is 2.70. The Kier molecular flexibility index (Phi) is 2.65. The maximum absolute atomic E-state index is 11.0. The zero-order valence-electron chi connectivity index (χ0n) is 7.72. The van der Waals surface area contributed by atoms with E-state index in [-0.39, 0.29) is 5.56 Å². The van der Waals surface area contributed by atoms with E-state index < -0.39 is 0 Å². The highest BCUT2D eigenvalue weighted by Crippen LogP contribution is 1.98. The molecule has 66 valence electrons. The molecule has 1 N–H and O–H groups in total. The largest absolute Gasteiger partial charge is 0.325 e. The second-order valence-corrected chi connectivity index (χ2v) is 3.28. The third-order valence-corrected chi connectivity index (χ3v) is 1.53. The van der Waals surface area contributed by atoms with Gasteiger partial charge in [-0.3, -0.25) is 4.79 Å². The van der Waals surface area contributed by atoms with Crippen LogP contribution in [0.3, 0.4) is 0 Å². The fourth-order valence-corrected chi connectivity index (χ4v) is 1.18. The maximum atomic E-state index is 11.0. The molecule has 0 aromatic carbocycles. The topological polar surface area (TPSA) is 36.1 Å². The first-order chi connectivity index (χ1) is 5.58. The summed E-state index contributed by atoms with van der Waals surface area (Å²) in [7, 11) is 3.95. The quantitative estimate of drug-likeness (QED) is 0.703. The zero-order chi connectivity index (χ0) is 9.14. The molecule has 0 aliphatic heterocycles. The molecule has 1 heterocycles. The number of nitrogens with zero attached hydrogens (tertiary/aromatic N) is 1. The van der Waals surface area contributed by atoms with Crippen molar-refractivity contribution >= 4 is 0 Å². The number of rotatable bonds is 2. The fourth-order valence-electron chi connectivity index (χ4n) is 1.18. The van der Waals surface area contributed by atoms with Gasteiger partial charge in [-0.15, -0.1) is 0 Å². The molecule has 0 unspecified atom stereocenters. The fraction of sp³-hybridized carbons (Fsp3) is 0.444. The average Bonchev–Trinajstić information content (AvgIpc) is 1.81. The third-order valence-electron chi connectivity index (χ3n) is 1.53. The molecule has 0 saturated carbocycles. The van der Waals surface area contributed by atoms with Crippen LogP contribution < -0.4 is 5.56 Å². The summed E-state index contributed by atoms with van der Waals surface area (Å²) in [5.74, 6) is 0. The van der Waals surface area contributed by atoms with Gasteiger partial charge in [-0.25, -0.2) is 0 Å².